The number of nitrogens with one attached hydrogen (secondary N) is 1. The molecule has 2 unspecified atom stereocenters. The van der Waals surface area contributed by atoms with Gasteiger partial charge >= 0.3 is 0 Å². The van der Waals surface area contributed by atoms with E-state index in [9.17, 15) is 0 Å². The van der Waals surface area contributed by atoms with Gasteiger partial charge in [0, 0.05) is 12.6 Å². The molecule has 68 valence electrons. The highest BCUT2D eigenvalue weighted by Crippen LogP contribution is 2.02. The molecule has 0 spiro atoms. The SMILES string of the molecule is CCCC(C)CNC(C)CN. The molecule has 0 aliphatic carbocycles. The van der Waals surface area contributed by atoms with Crippen molar-refractivity contribution in [2.75, 3.05) is 13.1 Å². The molecule has 0 heterocycles. The van der Waals surface area contributed by atoms with Crippen LogP contribution >= 0.6 is 0 Å². The average molecular weight is 158 g/mol. The van der Waals surface area contributed by atoms with Gasteiger partial charge in [0.15, 0.2) is 0 Å². The van der Waals surface area contributed by atoms with Gasteiger partial charge < -0.3 is 11.1 Å². The van der Waals surface area contributed by atoms with Crippen LogP contribution in [0.15, 0.2) is 0 Å². The van der Waals surface area contributed by atoms with Crippen LogP contribution in [0.5, 0.6) is 0 Å². The van der Waals surface area contributed by atoms with Crippen molar-refractivity contribution >= 4 is 0 Å². The highest BCUT2D eigenvalue weighted by molar-refractivity contribution is 4.63. The lowest BCUT2D eigenvalue weighted by atomic mass is 10.1. The van der Waals surface area contributed by atoms with Gasteiger partial charge in [-0.05, 0) is 25.8 Å². The van der Waals surface area contributed by atoms with Crippen LogP contribution in [0.3, 0.4) is 0 Å². The van der Waals surface area contributed by atoms with Crippen molar-refractivity contribution in [1.82, 2.24) is 5.32 Å². The Hall–Kier alpha value is -0.0800. The van der Waals surface area contributed by atoms with Crippen LogP contribution in [0.1, 0.15) is 33.6 Å². The third kappa shape index (κ3) is 6.32. The molecule has 0 saturated carbocycles. The molecular weight excluding hydrogens is 136 g/mol. The van der Waals surface area contributed by atoms with Gasteiger partial charge in [-0.25, -0.2) is 0 Å². The van der Waals surface area contributed by atoms with E-state index in [0.29, 0.717) is 6.04 Å². The predicted molar refractivity (Wildman–Crippen MR) is 50.6 cm³/mol. The Balaban J connectivity index is 3.22. The lowest BCUT2D eigenvalue weighted by Crippen LogP contribution is -2.35. The predicted octanol–water partition coefficient (Wildman–Crippen LogP) is 1.36. The van der Waals surface area contributed by atoms with E-state index in [0.717, 1.165) is 19.0 Å². The van der Waals surface area contributed by atoms with Gasteiger partial charge in [-0.2, -0.15) is 0 Å². The van der Waals surface area contributed by atoms with E-state index in [-0.39, 0.29) is 0 Å². The summed E-state index contributed by atoms with van der Waals surface area (Å²) in [5.74, 6) is 0.786. The zero-order valence-electron chi connectivity index (χ0n) is 8.06. The molecule has 0 fully saturated rings. The van der Waals surface area contributed by atoms with Crippen LogP contribution in [0.4, 0.5) is 0 Å². The molecule has 0 saturated heterocycles. The summed E-state index contributed by atoms with van der Waals surface area (Å²) in [5, 5.41) is 3.39. The lowest BCUT2D eigenvalue weighted by Gasteiger charge is -2.15. The molecule has 3 N–H and O–H groups in total. The van der Waals surface area contributed by atoms with E-state index in [1.165, 1.54) is 12.8 Å². The van der Waals surface area contributed by atoms with Crippen molar-refractivity contribution < 1.29 is 0 Å². The lowest BCUT2D eigenvalue weighted by molar-refractivity contribution is 0.441. The maximum Gasteiger partial charge on any atom is 0.0162 e. The summed E-state index contributed by atoms with van der Waals surface area (Å²) in [6.07, 6.45) is 2.59. The van der Waals surface area contributed by atoms with Crippen LogP contribution < -0.4 is 11.1 Å². The van der Waals surface area contributed by atoms with Crippen molar-refractivity contribution in [1.29, 1.82) is 0 Å². The summed E-state index contributed by atoms with van der Waals surface area (Å²) < 4.78 is 0. The van der Waals surface area contributed by atoms with Crippen molar-refractivity contribution in [3.63, 3.8) is 0 Å². The molecule has 0 aromatic heterocycles. The third-order valence-corrected chi connectivity index (χ3v) is 1.95. The molecule has 0 radical (unpaired) electrons. The van der Waals surface area contributed by atoms with E-state index in [1.54, 1.807) is 0 Å². The van der Waals surface area contributed by atoms with Crippen molar-refractivity contribution in [3.8, 4) is 0 Å². The van der Waals surface area contributed by atoms with E-state index in [2.05, 4.69) is 26.1 Å². The first-order valence-electron chi connectivity index (χ1n) is 4.64. The Kier molecular flexibility index (Phi) is 6.57. The second-order valence-corrected chi connectivity index (χ2v) is 3.44. The van der Waals surface area contributed by atoms with Crippen LogP contribution in [-0.2, 0) is 0 Å². The fourth-order valence-corrected chi connectivity index (χ4v) is 1.08. The number of hydrogen-bond acceptors (Lipinski definition) is 2. The standard InChI is InChI=1S/C9H22N2/c1-4-5-8(2)7-11-9(3)6-10/h8-9,11H,4-7,10H2,1-3H3. The first kappa shape index (κ1) is 10.9. The number of rotatable bonds is 6. The van der Waals surface area contributed by atoms with Gasteiger partial charge in [0.25, 0.3) is 0 Å². The first-order valence-corrected chi connectivity index (χ1v) is 4.64. The van der Waals surface area contributed by atoms with Gasteiger partial charge in [0.1, 0.15) is 0 Å². The summed E-state index contributed by atoms with van der Waals surface area (Å²) in [5.41, 5.74) is 5.47. The summed E-state index contributed by atoms with van der Waals surface area (Å²) in [7, 11) is 0. The molecule has 0 aromatic carbocycles. The van der Waals surface area contributed by atoms with E-state index < -0.39 is 0 Å². The van der Waals surface area contributed by atoms with Crippen molar-refractivity contribution in [3.05, 3.63) is 0 Å². The number of hydrogen-bond donors (Lipinski definition) is 2. The summed E-state index contributed by atoms with van der Waals surface area (Å²) in [4.78, 5) is 0. The zero-order valence-corrected chi connectivity index (χ0v) is 8.06. The van der Waals surface area contributed by atoms with Crippen LogP contribution in [0, 0.1) is 5.92 Å². The van der Waals surface area contributed by atoms with Gasteiger partial charge in [0.2, 0.25) is 0 Å². The Bertz CT molecular complexity index is 83.6. The van der Waals surface area contributed by atoms with E-state index in [4.69, 9.17) is 5.73 Å². The quantitative estimate of drug-likeness (QED) is 0.612. The Morgan fingerprint density at radius 1 is 1.36 bits per heavy atom. The summed E-state index contributed by atoms with van der Waals surface area (Å²) >= 11 is 0. The molecule has 0 rings (SSSR count). The molecule has 0 aromatic rings. The highest BCUT2D eigenvalue weighted by Gasteiger charge is 2.02. The summed E-state index contributed by atoms with van der Waals surface area (Å²) in [6, 6.07) is 0.467. The molecule has 2 atom stereocenters. The normalized spacial score (nSPS) is 16.4. The molecule has 0 bridgehead atoms. The minimum Gasteiger partial charge on any atom is -0.329 e. The van der Waals surface area contributed by atoms with Gasteiger partial charge in [0.05, 0.1) is 0 Å². The van der Waals surface area contributed by atoms with E-state index in [1.807, 2.05) is 0 Å². The molecule has 2 nitrogen and oxygen atoms in total. The first-order chi connectivity index (χ1) is 5.20. The largest absolute Gasteiger partial charge is 0.329 e. The van der Waals surface area contributed by atoms with Crippen molar-refractivity contribution in [2.24, 2.45) is 11.7 Å². The Morgan fingerprint density at radius 3 is 2.45 bits per heavy atom. The van der Waals surface area contributed by atoms with Gasteiger partial charge in [-0.1, -0.05) is 20.3 Å². The van der Waals surface area contributed by atoms with Crippen LogP contribution in [-0.4, -0.2) is 19.1 Å². The fourth-order valence-electron chi connectivity index (χ4n) is 1.08. The maximum absolute atomic E-state index is 5.47. The Morgan fingerprint density at radius 2 is 2.00 bits per heavy atom. The molecule has 0 aliphatic rings. The third-order valence-electron chi connectivity index (χ3n) is 1.95. The molecule has 11 heavy (non-hydrogen) atoms. The fraction of sp³-hybridized carbons (Fsp3) is 1.00. The van der Waals surface area contributed by atoms with Crippen LogP contribution in [0.25, 0.3) is 0 Å². The maximum atomic E-state index is 5.47. The van der Waals surface area contributed by atoms with E-state index >= 15 is 0 Å². The van der Waals surface area contributed by atoms with Crippen LogP contribution in [0.2, 0.25) is 0 Å². The summed E-state index contributed by atoms with van der Waals surface area (Å²) in [6.45, 7) is 8.46. The average Bonchev–Trinajstić information content (AvgIpc) is 2.01. The second-order valence-electron chi connectivity index (χ2n) is 3.44. The van der Waals surface area contributed by atoms with Crippen molar-refractivity contribution in [2.45, 2.75) is 39.7 Å². The topological polar surface area (TPSA) is 38.0 Å². The number of nitrogens with two attached hydrogens (primary N) is 1. The smallest absolute Gasteiger partial charge is 0.0162 e. The molecule has 0 aliphatic heterocycles. The molecule has 2 heteroatoms. The highest BCUT2D eigenvalue weighted by atomic mass is 14.9. The zero-order chi connectivity index (χ0) is 8.69. The monoisotopic (exact) mass is 158 g/mol. The van der Waals surface area contributed by atoms with Gasteiger partial charge in [-0.3, -0.25) is 0 Å². The minimum atomic E-state index is 0.467. The second kappa shape index (κ2) is 6.62. The van der Waals surface area contributed by atoms with Gasteiger partial charge in [-0.15, -0.1) is 0 Å². The molecule has 0 amide bonds. The Labute approximate surface area is 70.5 Å². The minimum absolute atomic E-state index is 0.467. The molecular formula is C9H22N2.